The highest BCUT2D eigenvalue weighted by atomic mass is 19.4. The summed E-state index contributed by atoms with van der Waals surface area (Å²) in [6.07, 6.45) is -2.43. The number of carbonyl (C=O) groups is 1. The fourth-order valence-electron chi connectivity index (χ4n) is 2.78. The highest BCUT2D eigenvalue weighted by molar-refractivity contribution is 5.91. The Kier molecular flexibility index (Phi) is 5.50. The Hall–Kier alpha value is -2.63. The van der Waals surface area contributed by atoms with E-state index in [1.165, 1.54) is 6.07 Å². The lowest BCUT2D eigenvalue weighted by atomic mass is 9.88. The van der Waals surface area contributed by atoms with Gasteiger partial charge in [-0.3, -0.25) is 14.7 Å². The maximum atomic E-state index is 13.0. The van der Waals surface area contributed by atoms with E-state index in [-0.39, 0.29) is 25.2 Å². The highest BCUT2D eigenvalue weighted by Crippen LogP contribution is 2.41. The molecule has 1 N–H and O–H groups in total. The first kappa shape index (κ1) is 20.7. The van der Waals surface area contributed by atoms with Gasteiger partial charge in [-0.15, -0.1) is 0 Å². The van der Waals surface area contributed by atoms with Gasteiger partial charge in [0, 0.05) is 12.5 Å². The van der Waals surface area contributed by atoms with E-state index < -0.39 is 23.9 Å². The Morgan fingerprint density at radius 3 is 2.52 bits per heavy atom. The van der Waals surface area contributed by atoms with Crippen LogP contribution in [0.5, 0.6) is 0 Å². The van der Waals surface area contributed by atoms with Crippen LogP contribution >= 0.6 is 0 Å². The zero-order valence-electron chi connectivity index (χ0n) is 14.4. The second-order valence-corrected chi connectivity index (χ2v) is 7.12. The van der Waals surface area contributed by atoms with Crippen molar-refractivity contribution in [2.75, 3.05) is 5.32 Å². The Morgan fingerprint density at radius 1 is 1.33 bits per heavy atom. The zero-order valence-corrected chi connectivity index (χ0v) is 14.4. The quantitative estimate of drug-likeness (QED) is 0.735. The number of nitrogens with zero attached hydrogens (tertiary/aromatic N) is 4. The number of fused-ring (bicyclic) bond motifs is 1. The number of amides is 1. The molecule has 6 nitrogen and oxygen atoms in total. The van der Waals surface area contributed by atoms with Crippen molar-refractivity contribution in [2.45, 2.75) is 59.2 Å². The lowest BCUT2D eigenvalue weighted by Gasteiger charge is -2.29. The number of anilines is 1. The molecule has 1 aliphatic rings. The minimum absolute atomic E-state index is 0. The number of hydrogen-bond donors (Lipinski definition) is 1. The normalized spacial score (nSPS) is 15.0. The molecule has 9 heteroatoms. The van der Waals surface area contributed by atoms with Crippen LogP contribution in [-0.2, 0) is 4.79 Å². The van der Waals surface area contributed by atoms with Crippen molar-refractivity contribution in [1.29, 1.82) is 0 Å². The van der Waals surface area contributed by atoms with Crippen LogP contribution in [0.15, 0.2) is 12.1 Å². The molecule has 1 fully saturated rings. The van der Waals surface area contributed by atoms with Gasteiger partial charge in [-0.1, -0.05) is 32.8 Å². The summed E-state index contributed by atoms with van der Waals surface area (Å²) < 4.78 is 40.8. The summed E-state index contributed by atoms with van der Waals surface area (Å²) in [5.41, 5.74) is -1.18. The summed E-state index contributed by atoms with van der Waals surface area (Å²) in [7, 11) is 0. The molecule has 0 aliphatic heterocycles. The number of imidazole rings is 1. The van der Waals surface area contributed by atoms with E-state index in [9.17, 15) is 18.0 Å². The molecule has 0 bridgehead atoms. The highest BCUT2D eigenvalue weighted by Gasteiger charge is 2.48. The number of carbonyl (C=O) groups excluding carboxylic acids is 1. The molecule has 2 aromatic rings. The van der Waals surface area contributed by atoms with Crippen molar-refractivity contribution in [1.82, 2.24) is 14.5 Å². The summed E-state index contributed by atoms with van der Waals surface area (Å²) in [5, 5.41) is 2.51. The topological polar surface area (TPSA) is 64.2 Å². The summed E-state index contributed by atoms with van der Waals surface area (Å²) >= 11 is 0. The van der Waals surface area contributed by atoms with Gasteiger partial charge >= 0.3 is 6.18 Å². The molecule has 2 heterocycles. The predicted molar refractivity (Wildman–Crippen MR) is 96.5 cm³/mol. The van der Waals surface area contributed by atoms with E-state index >= 15 is 0 Å². The van der Waals surface area contributed by atoms with Crippen molar-refractivity contribution in [3.8, 4) is 0 Å². The molecule has 1 saturated carbocycles. The van der Waals surface area contributed by atoms with Crippen molar-refractivity contribution >= 4 is 28.8 Å². The van der Waals surface area contributed by atoms with E-state index in [4.69, 9.17) is 6.57 Å². The first-order valence-corrected chi connectivity index (χ1v) is 8.25. The Morgan fingerprint density at radius 2 is 2.00 bits per heavy atom. The standard InChI is InChI=1S/C17H18F3N5O.CH4/c1-16(2,17(18,19)20)9-13(26)24-15-22-11-7-8-12(21-3)23-14(11)25(15)10-5-4-6-10;/h7-8,10H,4-6,9H2,1-2H3,(H,22,24,26);1H4. The number of alkyl halides is 3. The lowest BCUT2D eigenvalue weighted by Crippen LogP contribution is -2.36. The Bertz CT molecular complexity index is 891. The fourth-order valence-corrected chi connectivity index (χ4v) is 2.78. The fraction of sp³-hybridized carbons (Fsp3) is 0.556. The molecule has 0 atom stereocenters. The first-order valence-electron chi connectivity index (χ1n) is 8.25. The van der Waals surface area contributed by atoms with E-state index in [0.717, 1.165) is 33.1 Å². The summed E-state index contributed by atoms with van der Waals surface area (Å²) in [5.74, 6) is -0.370. The second kappa shape index (κ2) is 7.18. The summed E-state index contributed by atoms with van der Waals surface area (Å²) in [4.78, 5) is 24.1. The third-order valence-electron chi connectivity index (χ3n) is 4.70. The molecule has 0 aromatic carbocycles. The van der Waals surface area contributed by atoms with Crippen LogP contribution in [0.4, 0.5) is 24.9 Å². The van der Waals surface area contributed by atoms with Crippen molar-refractivity contribution < 1.29 is 18.0 Å². The van der Waals surface area contributed by atoms with Crippen LogP contribution in [0.25, 0.3) is 16.0 Å². The zero-order chi connectivity index (χ0) is 19.1. The van der Waals surface area contributed by atoms with Gasteiger partial charge in [-0.2, -0.15) is 13.2 Å². The molecule has 0 spiro atoms. The molecule has 1 amide bonds. The number of aromatic nitrogens is 3. The Balaban J connectivity index is 0.00000261. The predicted octanol–water partition coefficient (Wildman–Crippen LogP) is 5.26. The van der Waals surface area contributed by atoms with E-state index in [2.05, 4.69) is 20.1 Å². The van der Waals surface area contributed by atoms with E-state index in [1.807, 2.05) is 0 Å². The summed E-state index contributed by atoms with van der Waals surface area (Å²) in [6.45, 7) is 9.07. The smallest absolute Gasteiger partial charge is 0.361 e. The summed E-state index contributed by atoms with van der Waals surface area (Å²) in [6, 6.07) is 3.21. The van der Waals surface area contributed by atoms with E-state index in [1.54, 1.807) is 10.6 Å². The minimum atomic E-state index is -4.48. The van der Waals surface area contributed by atoms with Gasteiger partial charge in [0.1, 0.15) is 5.52 Å². The van der Waals surface area contributed by atoms with Crippen LogP contribution in [0.2, 0.25) is 0 Å². The van der Waals surface area contributed by atoms with E-state index in [0.29, 0.717) is 11.2 Å². The second-order valence-electron chi connectivity index (χ2n) is 7.12. The van der Waals surface area contributed by atoms with Gasteiger partial charge in [0.2, 0.25) is 11.9 Å². The maximum Gasteiger partial charge on any atom is 0.394 e. The molecule has 0 unspecified atom stereocenters. The third kappa shape index (κ3) is 3.89. The largest absolute Gasteiger partial charge is 0.394 e. The number of pyridine rings is 1. The number of nitrogens with one attached hydrogen (secondary N) is 1. The van der Waals surface area contributed by atoms with Crippen LogP contribution < -0.4 is 5.32 Å². The number of halogens is 3. The van der Waals surface area contributed by atoms with Crippen molar-refractivity contribution in [3.63, 3.8) is 0 Å². The molecule has 0 saturated heterocycles. The average molecular weight is 381 g/mol. The number of rotatable bonds is 4. The van der Waals surface area contributed by atoms with Crippen molar-refractivity contribution in [2.24, 2.45) is 5.41 Å². The maximum absolute atomic E-state index is 13.0. The molecule has 2 aromatic heterocycles. The van der Waals surface area contributed by atoms with Crippen molar-refractivity contribution in [3.05, 3.63) is 23.5 Å². The SMILES string of the molecule is C.[C-]#[N+]c1ccc2nc(NC(=O)CC(C)(C)C(F)(F)F)n(C3CCC3)c2n1. The van der Waals surface area contributed by atoms with Gasteiger partial charge in [0.15, 0.2) is 0 Å². The molecule has 146 valence electrons. The van der Waals surface area contributed by atoms with Crippen LogP contribution in [0.1, 0.15) is 53.0 Å². The Labute approximate surface area is 155 Å². The first-order chi connectivity index (χ1) is 12.1. The molecular formula is C18H22F3N5O. The molecular weight excluding hydrogens is 359 g/mol. The molecule has 27 heavy (non-hydrogen) atoms. The average Bonchev–Trinajstić information content (AvgIpc) is 2.81. The van der Waals surface area contributed by atoms with Crippen LogP contribution in [0.3, 0.4) is 0 Å². The van der Waals surface area contributed by atoms with Gasteiger partial charge in [-0.25, -0.2) is 4.98 Å². The van der Waals surface area contributed by atoms with Gasteiger partial charge in [0.25, 0.3) is 11.5 Å². The van der Waals surface area contributed by atoms with Crippen LogP contribution in [0, 0.1) is 12.0 Å². The van der Waals surface area contributed by atoms with Gasteiger partial charge in [0.05, 0.1) is 5.41 Å². The monoisotopic (exact) mass is 381 g/mol. The number of hydrogen-bond acceptors (Lipinski definition) is 3. The molecule has 3 rings (SSSR count). The van der Waals surface area contributed by atoms with Gasteiger partial charge in [-0.05, 0) is 31.4 Å². The van der Waals surface area contributed by atoms with Crippen LogP contribution in [-0.4, -0.2) is 26.6 Å². The molecule has 0 radical (unpaired) electrons. The minimum Gasteiger partial charge on any atom is -0.361 e. The third-order valence-corrected chi connectivity index (χ3v) is 4.70. The lowest BCUT2D eigenvalue weighted by molar-refractivity contribution is -0.213. The van der Waals surface area contributed by atoms with Gasteiger partial charge < -0.3 is 4.85 Å². The molecule has 1 aliphatic carbocycles.